The molecule has 4 heteroatoms. The van der Waals surface area contributed by atoms with E-state index in [2.05, 4.69) is 5.32 Å². The third kappa shape index (κ3) is 2.83. The van der Waals surface area contributed by atoms with E-state index in [1.165, 1.54) is 0 Å². The molecule has 1 aliphatic rings. The first kappa shape index (κ1) is 11.6. The molecule has 1 fully saturated rings. The molecule has 1 amide bonds. The maximum atomic E-state index is 12.0. The lowest BCUT2D eigenvalue weighted by Gasteiger charge is -2.32. The van der Waals surface area contributed by atoms with Crippen molar-refractivity contribution in [2.45, 2.75) is 19.0 Å². The van der Waals surface area contributed by atoms with Crippen LogP contribution >= 0.6 is 0 Å². The molecule has 0 radical (unpaired) electrons. The second-order valence-electron chi connectivity index (χ2n) is 4.11. The predicted molar refractivity (Wildman–Crippen MR) is 63.9 cm³/mol. The molecule has 0 saturated carbocycles. The molecule has 1 aromatic rings. The van der Waals surface area contributed by atoms with Crippen LogP contribution in [0.3, 0.4) is 0 Å². The maximum absolute atomic E-state index is 12.0. The molecule has 1 atom stereocenters. The van der Waals surface area contributed by atoms with E-state index in [-0.39, 0.29) is 18.4 Å². The van der Waals surface area contributed by atoms with Crippen LogP contribution in [0.25, 0.3) is 0 Å². The van der Waals surface area contributed by atoms with Gasteiger partial charge < -0.3 is 10.2 Å². The molecule has 0 bridgehead atoms. The summed E-state index contributed by atoms with van der Waals surface area (Å²) in [6.45, 7) is 2.09. The fourth-order valence-corrected chi connectivity index (χ4v) is 2.00. The monoisotopic (exact) mass is 229 g/mol. The summed E-state index contributed by atoms with van der Waals surface area (Å²) in [4.78, 5) is 13.8. The van der Waals surface area contributed by atoms with Crippen LogP contribution in [0.4, 0.5) is 0 Å². The van der Waals surface area contributed by atoms with Crippen LogP contribution in [0.15, 0.2) is 30.3 Å². The molecule has 4 nitrogen and oxygen atoms in total. The highest BCUT2D eigenvalue weighted by Crippen LogP contribution is 2.10. The summed E-state index contributed by atoms with van der Waals surface area (Å²) in [5, 5.41) is 11.7. The van der Waals surface area contributed by atoms with Gasteiger partial charge in [-0.25, -0.2) is 0 Å². The number of carbonyl (C=O) groups is 1. The van der Waals surface area contributed by atoms with Gasteiger partial charge in [0.15, 0.2) is 0 Å². The number of nitriles is 1. The third-order valence-corrected chi connectivity index (χ3v) is 2.89. The summed E-state index contributed by atoms with van der Waals surface area (Å²) in [7, 11) is 0. The quantitative estimate of drug-likeness (QED) is 0.837. The molecule has 88 valence electrons. The van der Waals surface area contributed by atoms with Crippen LogP contribution in [0, 0.1) is 11.3 Å². The summed E-state index contributed by atoms with van der Waals surface area (Å²) in [5.74, 6) is 0.0293. The number of rotatable bonds is 3. The first-order chi connectivity index (χ1) is 8.31. The second-order valence-corrected chi connectivity index (χ2v) is 4.11. The minimum atomic E-state index is -0.336. The first-order valence-corrected chi connectivity index (χ1v) is 5.74. The van der Waals surface area contributed by atoms with E-state index in [0.29, 0.717) is 13.1 Å². The van der Waals surface area contributed by atoms with Crippen molar-refractivity contribution in [2.24, 2.45) is 0 Å². The molecule has 1 N–H and O–H groups in total. The number of carbonyl (C=O) groups excluding carboxylic acids is 1. The normalized spacial score (nSPS) is 20.1. The Labute approximate surface area is 101 Å². The van der Waals surface area contributed by atoms with Crippen molar-refractivity contribution in [2.75, 3.05) is 13.1 Å². The van der Waals surface area contributed by atoms with Crippen molar-refractivity contribution in [3.05, 3.63) is 35.9 Å². The number of hydrogen-bond donors (Lipinski definition) is 1. The lowest BCUT2D eigenvalue weighted by atomic mass is 10.1. The van der Waals surface area contributed by atoms with Gasteiger partial charge in [-0.15, -0.1) is 0 Å². The lowest BCUT2D eigenvalue weighted by Crippen LogP contribution is -2.54. The number of benzene rings is 1. The van der Waals surface area contributed by atoms with Gasteiger partial charge in [0.25, 0.3) is 0 Å². The molecule has 2 rings (SSSR count). The molecule has 1 unspecified atom stereocenters. The van der Waals surface area contributed by atoms with E-state index < -0.39 is 0 Å². The Bertz CT molecular complexity index is 424. The fraction of sp³-hybridized carbons (Fsp3) is 0.385. The van der Waals surface area contributed by atoms with Crippen molar-refractivity contribution in [3.63, 3.8) is 0 Å². The standard InChI is InChI=1S/C13H15N3O/c14-7-6-12-13(17)16(9-8-15-12)10-11-4-2-1-3-5-11/h1-5,12,15H,6,8-10H2. The van der Waals surface area contributed by atoms with E-state index >= 15 is 0 Å². The lowest BCUT2D eigenvalue weighted by molar-refractivity contribution is -0.136. The molecule has 0 aliphatic carbocycles. The largest absolute Gasteiger partial charge is 0.336 e. The second kappa shape index (κ2) is 5.46. The SMILES string of the molecule is N#CCC1NCCN(Cc2ccccc2)C1=O. The number of nitrogens with one attached hydrogen (secondary N) is 1. The smallest absolute Gasteiger partial charge is 0.241 e. The van der Waals surface area contributed by atoms with Crippen LogP contribution < -0.4 is 5.32 Å². The molecule has 0 aromatic heterocycles. The summed E-state index contributed by atoms with van der Waals surface area (Å²) < 4.78 is 0. The summed E-state index contributed by atoms with van der Waals surface area (Å²) in [6.07, 6.45) is 0.240. The van der Waals surface area contributed by atoms with Gasteiger partial charge in [0.05, 0.1) is 12.5 Å². The Morgan fingerprint density at radius 2 is 2.18 bits per heavy atom. The minimum Gasteiger partial charge on any atom is -0.336 e. The van der Waals surface area contributed by atoms with Crippen LogP contribution in [0.5, 0.6) is 0 Å². The van der Waals surface area contributed by atoms with Gasteiger partial charge in [-0.3, -0.25) is 4.79 Å². The van der Waals surface area contributed by atoms with Crippen LogP contribution in [0.2, 0.25) is 0 Å². The first-order valence-electron chi connectivity index (χ1n) is 5.74. The van der Waals surface area contributed by atoms with Gasteiger partial charge >= 0.3 is 0 Å². The van der Waals surface area contributed by atoms with Crippen LogP contribution in [0.1, 0.15) is 12.0 Å². The van der Waals surface area contributed by atoms with Crippen molar-refractivity contribution in [3.8, 4) is 6.07 Å². The molecular weight excluding hydrogens is 214 g/mol. The zero-order valence-electron chi connectivity index (χ0n) is 9.60. The van der Waals surface area contributed by atoms with E-state index in [4.69, 9.17) is 5.26 Å². The van der Waals surface area contributed by atoms with Gasteiger partial charge in [0.2, 0.25) is 5.91 Å². The van der Waals surface area contributed by atoms with Gasteiger partial charge in [0.1, 0.15) is 6.04 Å². The fourth-order valence-electron chi connectivity index (χ4n) is 2.00. The van der Waals surface area contributed by atoms with Crippen LogP contribution in [-0.2, 0) is 11.3 Å². The van der Waals surface area contributed by atoms with Gasteiger partial charge in [-0.05, 0) is 5.56 Å². The summed E-state index contributed by atoms with van der Waals surface area (Å²) in [5.41, 5.74) is 1.12. The molecule has 1 saturated heterocycles. The van der Waals surface area contributed by atoms with Crippen molar-refractivity contribution in [1.82, 2.24) is 10.2 Å². The number of hydrogen-bond acceptors (Lipinski definition) is 3. The third-order valence-electron chi connectivity index (χ3n) is 2.89. The van der Waals surface area contributed by atoms with E-state index in [1.54, 1.807) is 0 Å². The molecule has 1 aliphatic heterocycles. The number of nitrogens with zero attached hydrogens (tertiary/aromatic N) is 2. The molecule has 1 aromatic carbocycles. The highest BCUT2D eigenvalue weighted by atomic mass is 16.2. The molecular formula is C13H15N3O. The van der Waals surface area contributed by atoms with Crippen molar-refractivity contribution >= 4 is 5.91 Å². The van der Waals surface area contributed by atoms with Gasteiger partial charge in [-0.1, -0.05) is 30.3 Å². The zero-order valence-corrected chi connectivity index (χ0v) is 9.60. The minimum absolute atomic E-state index is 0.0293. The average molecular weight is 229 g/mol. The van der Waals surface area contributed by atoms with Crippen molar-refractivity contribution in [1.29, 1.82) is 5.26 Å². The Morgan fingerprint density at radius 1 is 1.41 bits per heavy atom. The number of piperazine rings is 1. The van der Waals surface area contributed by atoms with Crippen LogP contribution in [-0.4, -0.2) is 29.9 Å². The molecule has 0 spiro atoms. The Morgan fingerprint density at radius 3 is 2.88 bits per heavy atom. The Hall–Kier alpha value is -1.86. The maximum Gasteiger partial charge on any atom is 0.241 e. The Kier molecular flexibility index (Phi) is 3.73. The zero-order chi connectivity index (χ0) is 12.1. The topological polar surface area (TPSA) is 56.1 Å². The van der Waals surface area contributed by atoms with E-state index in [9.17, 15) is 4.79 Å². The van der Waals surface area contributed by atoms with E-state index in [0.717, 1.165) is 12.1 Å². The van der Waals surface area contributed by atoms with E-state index in [1.807, 2.05) is 41.3 Å². The number of amides is 1. The van der Waals surface area contributed by atoms with Gasteiger partial charge in [-0.2, -0.15) is 5.26 Å². The van der Waals surface area contributed by atoms with Crippen molar-refractivity contribution < 1.29 is 4.79 Å². The summed E-state index contributed by atoms with van der Waals surface area (Å²) >= 11 is 0. The summed E-state index contributed by atoms with van der Waals surface area (Å²) in [6, 6.07) is 11.6. The predicted octanol–water partition coefficient (Wildman–Crippen LogP) is 0.901. The highest BCUT2D eigenvalue weighted by Gasteiger charge is 2.27. The van der Waals surface area contributed by atoms with Gasteiger partial charge in [0, 0.05) is 19.6 Å². The molecule has 1 heterocycles. The Balaban J connectivity index is 2.01. The average Bonchev–Trinajstić information content (AvgIpc) is 2.36. The highest BCUT2D eigenvalue weighted by molar-refractivity contribution is 5.82. The molecule has 17 heavy (non-hydrogen) atoms.